The Labute approximate surface area is 141 Å². The molecule has 0 saturated heterocycles. The summed E-state index contributed by atoms with van der Waals surface area (Å²) in [5.41, 5.74) is 1.75. The van der Waals surface area contributed by atoms with E-state index in [0.717, 1.165) is 11.1 Å². The number of hydrogen-bond acceptors (Lipinski definition) is 3. The number of rotatable bonds is 3. The minimum absolute atomic E-state index is 0.0808. The largest absolute Gasteiger partial charge is 0.457 e. The zero-order valence-electron chi connectivity index (χ0n) is 11.5. The number of alkyl halides is 1. The molecule has 2 aromatic rings. The number of para-hydroxylation sites is 1. The molecule has 1 heterocycles. The Morgan fingerprint density at radius 2 is 1.86 bits per heavy atom. The summed E-state index contributed by atoms with van der Waals surface area (Å²) >= 11 is 9.61. The van der Waals surface area contributed by atoms with Crippen LogP contribution in [-0.4, -0.2) is 16.8 Å². The van der Waals surface area contributed by atoms with Gasteiger partial charge in [0.2, 0.25) is 6.54 Å². The molecule has 0 radical (unpaired) electrons. The Morgan fingerprint density at radius 3 is 2.59 bits per heavy atom. The topological polar surface area (TPSA) is 52.4 Å². The van der Waals surface area contributed by atoms with Gasteiger partial charge in [-0.3, -0.25) is 10.1 Å². The number of hydrogen-bond donors (Lipinski definition) is 0. The summed E-state index contributed by atoms with van der Waals surface area (Å²) in [6.45, 7) is -0.150. The predicted octanol–water partition coefficient (Wildman–Crippen LogP) is 4.98. The minimum Gasteiger partial charge on any atom is -0.457 e. The van der Waals surface area contributed by atoms with Crippen molar-refractivity contribution < 1.29 is 9.66 Å². The highest BCUT2D eigenvalue weighted by molar-refractivity contribution is 9.09. The number of halogens is 2. The van der Waals surface area contributed by atoms with Crippen molar-refractivity contribution >= 4 is 27.5 Å². The normalized spacial score (nSPS) is 19.5. The third-order valence-electron chi connectivity index (χ3n) is 3.91. The highest BCUT2D eigenvalue weighted by atomic mass is 79.9. The van der Waals surface area contributed by atoms with Gasteiger partial charge in [-0.15, -0.1) is 0 Å². The molecule has 0 aliphatic carbocycles. The maximum Gasteiger partial charge on any atom is 0.211 e. The minimum atomic E-state index is -0.273. The molecular formula is C16H13BrClNO3. The molecule has 6 heteroatoms. The molecule has 0 spiro atoms. The fourth-order valence-electron chi connectivity index (χ4n) is 2.91. The summed E-state index contributed by atoms with van der Waals surface area (Å²) in [5, 5.41) is 12.3. The molecule has 0 aromatic heterocycles. The number of fused-ring (bicyclic) bond motifs is 2. The van der Waals surface area contributed by atoms with Crippen LogP contribution in [0.2, 0.25) is 5.02 Å². The van der Waals surface area contributed by atoms with Crippen LogP contribution >= 0.6 is 27.5 Å². The molecule has 3 rings (SSSR count). The predicted molar refractivity (Wildman–Crippen MR) is 89.1 cm³/mol. The molecule has 0 amide bonds. The molecular weight excluding hydrogens is 370 g/mol. The first-order valence-electron chi connectivity index (χ1n) is 6.84. The van der Waals surface area contributed by atoms with Crippen LogP contribution in [0.1, 0.15) is 23.0 Å². The number of benzene rings is 2. The summed E-state index contributed by atoms with van der Waals surface area (Å²) in [4.78, 5) is 10.9. The zero-order valence-corrected chi connectivity index (χ0v) is 13.9. The van der Waals surface area contributed by atoms with Crippen LogP contribution in [0.4, 0.5) is 0 Å². The summed E-state index contributed by atoms with van der Waals surface area (Å²) < 4.78 is 6.00. The van der Waals surface area contributed by atoms with Crippen molar-refractivity contribution in [3.05, 3.63) is 68.7 Å². The van der Waals surface area contributed by atoms with Crippen molar-refractivity contribution in [3.8, 4) is 11.5 Å². The summed E-state index contributed by atoms with van der Waals surface area (Å²) in [6.07, 6.45) is 0. The molecule has 0 N–H and O–H groups in total. The maximum atomic E-state index is 11.2. The van der Waals surface area contributed by atoms with Crippen LogP contribution in [0.5, 0.6) is 11.5 Å². The second-order valence-corrected chi connectivity index (χ2v) is 6.29. The molecule has 0 bridgehead atoms. The smallest absolute Gasteiger partial charge is 0.211 e. The van der Waals surface area contributed by atoms with Crippen molar-refractivity contribution in [2.45, 2.75) is 11.8 Å². The SMILES string of the molecule is O=[N+]([O-])CC1c2ccccc2Oc2ccc(Cl)cc2C1CBr. The molecule has 1 aliphatic rings. The number of nitro groups is 1. The Morgan fingerprint density at radius 1 is 1.14 bits per heavy atom. The van der Waals surface area contributed by atoms with Gasteiger partial charge in [-0.1, -0.05) is 45.7 Å². The van der Waals surface area contributed by atoms with Crippen LogP contribution in [0, 0.1) is 10.1 Å². The molecule has 1 aliphatic heterocycles. The monoisotopic (exact) mass is 381 g/mol. The lowest BCUT2D eigenvalue weighted by Crippen LogP contribution is -2.20. The van der Waals surface area contributed by atoms with Crippen molar-refractivity contribution in [2.75, 3.05) is 11.9 Å². The fraction of sp³-hybridized carbons (Fsp3) is 0.250. The average molecular weight is 383 g/mol. The lowest BCUT2D eigenvalue weighted by molar-refractivity contribution is -0.484. The Balaban J connectivity index is 2.20. The first kappa shape index (κ1) is 15.3. The average Bonchev–Trinajstić information content (AvgIpc) is 2.61. The van der Waals surface area contributed by atoms with Gasteiger partial charge in [-0.2, -0.15) is 0 Å². The first-order chi connectivity index (χ1) is 10.6. The quantitative estimate of drug-likeness (QED) is 0.427. The molecule has 2 aromatic carbocycles. The highest BCUT2D eigenvalue weighted by Gasteiger charge is 2.35. The summed E-state index contributed by atoms with van der Waals surface area (Å²) in [6, 6.07) is 12.9. The van der Waals surface area contributed by atoms with Gasteiger partial charge in [0, 0.05) is 32.3 Å². The van der Waals surface area contributed by atoms with E-state index in [2.05, 4.69) is 15.9 Å². The van der Waals surface area contributed by atoms with E-state index in [1.165, 1.54) is 0 Å². The van der Waals surface area contributed by atoms with Crippen LogP contribution in [0.3, 0.4) is 0 Å². The van der Waals surface area contributed by atoms with Crippen molar-refractivity contribution in [2.24, 2.45) is 0 Å². The van der Waals surface area contributed by atoms with Crippen molar-refractivity contribution in [1.29, 1.82) is 0 Å². The third kappa shape index (κ3) is 2.83. The van der Waals surface area contributed by atoms with E-state index < -0.39 is 0 Å². The Bertz CT molecular complexity index is 722. The van der Waals surface area contributed by atoms with Gasteiger partial charge in [0.1, 0.15) is 11.5 Å². The van der Waals surface area contributed by atoms with E-state index in [1.54, 1.807) is 6.07 Å². The van der Waals surface area contributed by atoms with Crippen molar-refractivity contribution in [1.82, 2.24) is 0 Å². The summed E-state index contributed by atoms with van der Waals surface area (Å²) in [5.74, 6) is 1.02. The van der Waals surface area contributed by atoms with Gasteiger partial charge < -0.3 is 4.74 Å². The van der Waals surface area contributed by atoms with Crippen molar-refractivity contribution in [3.63, 3.8) is 0 Å². The van der Waals surface area contributed by atoms with Gasteiger partial charge in [-0.05, 0) is 24.3 Å². The summed E-state index contributed by atoms with van der Waals surface area (Å²) in [7, 11) is 0. The Hall–Kier alpha value is -1.59. The molecule has 22 heavy (non-hydrogen) atoms. The zero-order chi connectivity index (χ0) is 15.7. The number of nitrogens with zero attached hydrogens (tertiary/aromatic N) is 1. The molecule has 4 nitrogen and oxygen atoms in total. The maximum absolute atomic E-state index is 11.2. The Kier molecular flexibility index (Phi) is 4.36. The van der Waals surface area contributed by atoms with E-state index in [9.17, 15) is 10.1 Å². The van der Waals surface area contributed by atoms with E-state index in [4.69, 9.17) is 16.3 Å². The van der Waals surface area contributed by atoms with Crippen LogP contribution in [0.15, 0.2) is 42.5 Å². The highest BCUT2D eigenvalue weighted by Crippen LogP contribution is 2.47. The standard InChI is InChI=1S/C16H13BrClNO3/c17-8-13-12-7-10(18)5-6-16(12)22-15-4-2-1-3-11(15)14(13)9-19(20)21/h1-7,13-14H,8-9H2. The lowest BCUT2D eigenvalue weighted by atomic mass is 9.82. The second-order valence-electron chi connectivity index (χ2n) is 5.20. The van der Waals surface area contributed by atoms with Gasteiger partial charge in [-0.25, -0.2) is 0 Å². The van der Waals surface area contributed by atoms with Crippen LogP contribution in [0.25, 0.3) is 0 Å². The number of ether oxygens (including phenoxy) is 1. The molecule has 2 unspecified atom stereocenters. The second kappa shape index (κ2) is 6.26. The van der Waals surface area contributed by atoms with Crippen LogP contribution in [-0.2, 0) is 0 Å². The van der Waals surface area contributed by atoms with E-state index >= 15 is 0 Å². The third-order valence-corrected chi connectivity index (χ3v) is 4.84. The van der Waals surface area contributed by atoms with Gasteiger partial charge >= 0.3 is 0 Å². The van der Waals surface area contributed by atoms with Gasteiger partial charge in [0.05, 0.1) is 5.92 Å². The van der Waals surface area contributed by atoms with Gasteiger partial charge in [0.25, 0.3) is 0 Å². The van der Waals surface area contributed by atoms with Gasteiger partial charge in [0.15, 0.2) is 0 Å². The fourth-order valence-corrected chi connectivity index (χ4v) is 3.89. The molecule has 0 fully saturated rings. The van der Waals surface area contributed by atoms with E-state index in [0.29, 0.717) is 21.9 Å². The molecule has 114 valence electrons. The van der Waals surface area contributed by atoms with E-state index in [-0.39, 0.29) is 23.3 Å². The first-order valence-corrected chi connectivity index (χ1v) is 8.34. The lowest BCUT2D eigenvalue weighted by Gasteiger charge is -2.21. The molecule has 0 saturated carbocycles. The van der Waals surface area contributed by atoms with Crippen LogP contribution < -0.4 is 4.74 Å². The van der Waals surface area contributed by atoms with E-state index in [1.807, 2.05) is 36.4 Å². The molecule has 2 atom stereocenters.